The van der Waals surface area contributed by atoms with Crippen molar-refractivity contribution >= 4 is 41.5 Å². The predicted octanol–water partition coefficient (Wildman–Crippen LogP) is 2.41. The first-order valence-electron chi connectivity index (χ1n) is 7.25. The Bertz CT molecular complexity index is 616. The number of nitrogens with zero attached hydrogens (tertiary/aromatic N) is 1. The Hall–Kier alpha value is -1.55. The molecule has 148 valence electrons. The van der Waals surface area contributed by atoms with Crippen molar-refractivity contribution in [3.63, 3.8) is 0 Å². The van der Waals surface area contributed by atoms with E-state index >= 15 is 0 Å². The molecule has 0 radical (unpaired) electrons. The van der Waals surface area contributed by atoms with Gasteiger partial charge in [-0.15, -0.1) is 12.4 Å². The number of ether oxygens (including phenoxy) is 1. The molecule has 1 rings (SSSR count). The van der Waals surface area contributed by atoms with Gasteiger partial charge in [0.1, 0.15) is 0 Å². The Kier molecular flexibility index (Phi) is 10.6. The molecule has 0 fully saturated rings. The fourth-order valence-electron chi connectivity index (χ4n) is 1.83. The van der Waals surface area contributed by atoms with E-state index in [-0.39, 0.29) is 37.1 Å². The first-order chi connectivity index (χ1) is 11.6. The lowest BCUT2D eigenvalue weighted by molar-refractivity contribution is -0.137. The first kappa shape index (κ1) is 24.5. The third kappa shape index (κ3) is 8.22. The number of hydrogen-bond acceptors (Lipinski definition) is 4. The quantitative estimate of drug-likeness (QED) is 0.637. The molecular weight excluding hydrogens is 398 g/mol. The standard InChI is InChI=1S/C15H19ClF3N3O3.ClH/c1-22(14(24)8-20-5-6-25-2)9-13(23)21-10-3-4-12(16)11(7-10)15(17,18)19;/h3-4,7,20H,5-6,8-9H2,1-2H3,(H,21,23);1H. The van der Waals surface area contributed by atoms with Crippen molar-refractivity contribution in [2.45, 2.75) is 6.18 Å². The molecule has 2 amide bonds. The number of alkyl halides is 3. The number of hydrogen-bond donors (Lipinski definition) is 2. The molecule has 0 saturated carbocycles. The maximum absolute atomic E-state index is 12.8. The van der Waals surface area contributed by atoms with Crippen LogP contribution in [0.15, 0.2) is 18.2 Å². The maximum atomic E-state index is 12.8. The van der Waals surface area contributed by atoms with Gasteiger partial charge in [-0.1, -0.05) is 11.6 Å². The molecule has 0 unspecified atom stereocenters. The molecule has 0 aliphatic carbocycles. The van der Waals surface area contributed by atoms with Crippen LogP contribution >= 0.6 is 24.0 Å². The average molecular weight is 418 g/mol. The molecule has 1 aromatic carbocycles. The Morgan fingerprint density at radius 2 is 1.96 bits per heavy atom. The van der Waals surface area contributed by atoms with Crippen molar-refractivity contribution in [3.8, 4) is 0 Å². The van der Waals surface area contributed by atoms with Crippen LogP contribution < -0.4 is 10.6 Å². The van der Waals surface area contributed by atoms with Crippen LogP contribution in [0, 0.1) is 0 Å². The van der Waals surface area contributed by atoms with Gasteiger partial charge in [0.15, 0.2) is 0 Å². The Morgan fingerprint density at radius 3 is 2.54 bits per heavy atom. The summed E-state index contributed by atoms with van der Waals surface area (Å²) in [6, 6.07) is 3.05. The van der Waals surface area contributed by atoms with Crippen molar-refractivity contribution in [1.82, 2.24) is 10.2 Å². The minimum atomic E-state index is -4.63. The Balaban J connectivity index is 0.00000625. The molecule has 2 N–H and O–H groups in total. The summed E-state index contributed by atoms with van der Waals surface area (Å²) in [5.74, 6) is -0.957. The zero-order valence-electron chi connectivity index (χ0n) is 14.2. The van der Waals surface area contributed by atoms with Gasteiger partial charge in [0.2, 0.25) is 11.8 Å². The number of benzene rings is 1. The van der Waals surface area contributed by atoms with E-state index in [0.29, 0.717) is 13.2 Å². The molecular formula is C15H20Cl2F3N3O3. The highest BCUT2D eigenvalue weighted by Crippen LogP contribution is 2.36. The fraction of sp³-hybridized carbons (Fsp3) is 0.467. The third-order valence-corrected chi connectivity index (χ3v) is 3.45. The zero-order chi connectivity index (χ0) is 19.0. The lowest BCUT2D eigenvalue weighted by Crippen LogP contribution is -2.40. The molecule has 0 atom stereocenters. The topological polar surface area (TPSA) is 70.7 Å². The summed E-state index contributed by atoms with van der Waals surface area (Å²) >= 11 is 5.51. The van der Waals surface area contributed by atoms with E-state index < -0.39 is 22.7 Å². The summed E-state index contributed by atoms with van der Waals surface area (Å²) < 4.78 is 43.2. The van der Waals surface area contributed by atoms with Crippen LogP contribution in [0.3, 0.4) is 0 Å². The van der Waals surface area contributed by atoms with E-state index in [1.165, 1.54) is 20.2 Å². The number of rotatable bonds is 8. The highest BCUT2D eigenvalue weighted by atomic mass is 35.5. The second-order valence-corrected chi connectivity index (χ2v) is 5.57. The lowest BCUT2D eigenvalue weighted by Gasteiger charge is -2.17. The normalized spacial score (nSPS) is 10.8. The largest absolute Gasteiger partial charge is 0.417 e. The predicted molar refractivity (Wildman–Crippen MR) is 94.7 cm³/mol. The Labute approximate surface area is 160 Å². The van der Waals surface area contributed by atoms with Gasteiger partial charge in [-0.2, -0.15) is 13.2 Å². The van der Waals surface area contributed by atoms with Gasteiger partial charge in [-0.3, -0.25) is 9.59 Å². The molecule has 26 heavy (non-hydrogen) atoms. The smallest absolute Gasteiger partial charge is 0.383 e. The summed E-state index contributed by atoms with van der Waals surface area (Å²) in [6.07, 6.45) is -4.63. The van der Waals surface area contributed by atoms with Crippen molar-refractivity contribution in [3.05, 3.63) is 28.8 Å². The summed E-state index contributed by atoms with van der Waals surface area (Å²) in [4.78, 5) is 24.9. The average Bonchev–Trinajstić information content (AvgIpc) is 2.52. The summed E-state index contributed by atoms with van der Waals surface area (Å²) in [6.45, 7) is 0.643. The first-order valence-corrected chi connectivity index (χ1v) is 7.63. The summed E-state index contributed by atoms with van der Waals surface area (Å²) in [5, 5.41) is 4.69. The van der Waals surface area contributed by atoms with Crippen LogP contribution in [0.2, 0.25) is 5.02 Å². The molecule has 6 nitrogen and oxygen atoms in total. The molecule has 0 aliphatic heterocycles. The second kappa shape index (κ2) is 11.2. The molecule has 1 aromatic rings. The summed E-state index contributed by atoms with van der Waals surface area (Å²) in [7, 11) is 2.95. The minimum Gasteiger partial charge on any atom is -0.383 e. The van der Waals surface area contributed by atoms with Crippen molar-refractivity contribution < 1.29 is 27.5 Å². The highest BCUT2D eigenvalue weighted by Gasteiger charge is 2.33. The lowest BCUT2D eigenvalue weighted by atomic mass is 10.2. The van der Waals surface area contributed by atoms with Crippen molar-refractivity contribution in [2.75, 3.05) is 45.7 Å². The van der Waals surface area contributed by atoms with E-state index in [0.717, 1.165) is 17.0 Å². The second-order valence-electron chi connectivity index (χ2n) is 5.16. The highest BCUT2D eigenvalue weighted by molar-refractivity contribution is 6.31. The van der Waals surface area contributed by atoms with E-state index in [4.69, 9.17) is 16.3 Å². The van der Waals surface area contributed by atoms with E-state index in [2.05, 4.69) is 10.6 Å². The molecule has 0 bridgehead atoms. The molecule has 0 heterocycles. The molecule has 0 saturated heterocycles. The van der Waals surface area contributed by atoms with Gasteiger partial charge >= 0.3 is 6.18 Å². The van der Waals surface area contributed by atoms with Crippen LogP contribution in [-0.2, 0) is 20.5 Å². The Morgan fingerprint density at radius 1 is 1.31 bits per heavy atom. The number of carbonyl (C=O) groups excluding carboxylic acids is 2. The number of amides is 2. The summed E-state index contributed by atoms with van der Waals surface area (Å²) in [5.41, 5.74) is -1.10. The number of halogens is 5. The van der Waals surface area contributed by atoms with Crippen LogP contribution in [0.25, 0.3) is 0 Å². The van der Waals surface area contributed by atoms with E-state index in [1.807, 2.05) is 0 Å². The van der Waals surface area contributed by atoms with Gasteiger partial charge in [0.05, 0.1) is 30.3 Å². The van der Waals surface area contributed by atoms with E-state index in [1.54, 1.807) is 0 Å². The third-order valence-electron chi connectivity index (χ3n) is 3.12. The maximum Gasteiger partial charge on any atom is 0.417 e. The van der Waals surface area contributed by atoms with Crippen molar-refractivity contribution in [2.24, 2.45) is 0 Å². The SMILES string of the molecule is COCCNCC(=O)N(C)CC(=O)Nc1ccc(Cl)c(C(F)(F)F)c1.Cl. The monoisotopic (exact) mass is 417 g/mol. The van der Waals surface area contributed by atoms with Gasteiger partial charge in [0, 0.05) is 26.4 Å². The van der Waals surface area contributed by atoms with Gasteiger partial charge in [-0.25, -0.2) is 0 Å². The fourth-order valence-corrected chi connectivity index (χ4v) is 2.05. The molecule has 0 spiro atoms. The van der Waals surface area contributed by atoms with Crippen LogP contribution in [-0.4, -0.2) is 57.1 Å². The van der Waals surface area contributed by atoms with Crippen LogP contribution in [0.4, 0.5) is 18.9 Å². The molecule has 0 aliphatic rings. The number of anilines is 1. The van der Waals surface area contributed by atoms with Crippen LogP contribution in [0.1, 0.15) is 5.56 Å². The van der Waals surface area contributed by atoms with Crippen molar-refractivity contribution in [1.29, 1.82) is 0 Å². The number of methoxy groups -OCH3 is 1. The van der Waals surface area contributed by atoms with Gasteiger partial charge in [0.25, 0.3) is 0 Å². The number of nitrogens with one attached hydrogen (secondary N) is 2. The zero-order valence-corrected chi connectivity index (χ0v) is 15.7. The van der Waals surface area contributed by atoms with E-state index in [9.17, 15) is 22.8 Å². The van der Waals surface area contributed by atoms with Gasteiger partial charge < -0.3 is 20.3 Å². The van der Waals surface area contributed by atoms with Gasteiger partial charge in [-0.05, 0) is 18.2 Å². The number of carbonyl (C=O) groups is 2. The molecule has 0 aromatic heterocycles. The minimum absolute atomic E-state index is 0. The van der Waals surface area contributed by atoms with Crippen LogP contribution in [0.5, 0.6) is 0 Å². The number of likely N-dealkylation sites (N-methyl/N-ethyl adjacent to an activating group) is 1. The molecule has 11 heteroatoms.